The summed E-state index contributed by atoms with van der Waals surface area (Å²) in [6.07, 6.45) is 3.66. The number of nitrogens with zero attached hydrogens (tertiary/aromatic N) is 2. The van der Waals surface area contributed by atoms with E-state index < -0.39 is 0 Å². The molecule has 0 atom stereocenters. The summed E-state index contributed by atoms with van der Waals surface area (Å²) in [4.78, 5) is 9.72. The lowest BCUT2D eigenvalue weighted by Crippen LogP contribution is -1.87. The van der Waals surface area contributed by atoms with E-state index in [1.54, 1.807) is 11.8 Å². The highest BCUT2D eigenvalue weighted by atomic mass is 127. The van der Waals surface area contributed by atoms with Crippen molar-refractivity contribution in [1.82, 2.24) is 9.97 Å². The predicted octanol–water partition coefficient (Wildman–Crippen LogP) is 3.85. The molecule has 0 unspecified atom stereocenters. The van der Waals surface area contributed by atoms with Gasteiger partial charge in [0.1, 0.15) is 0 Å². The monoisotopic (exact) mass is 342 g/mol. The summed E-state index contributed by atoms with van der Waals surface area (Å²) in [5, 5.41) is 0.795. The van der Waals surface area contributed by atoms with E-state index in [9.17, 15) is 0 Å². The Hall–Kier alpha value is -0.620. The maximum absolute atomic E-state index is 4.27. The van der Waals surface area contributed by atoms with Crippen LogP contribution in [0, 0.1) is 17.4 Å². The first-order valence-electron chi connectivity index (χ1n) is 4.88. The summed E-state index contributed by atoms with van der Waals surface area (Å²) in [5.41, 5.74) is 2.61. The van der Waals surface area contributed by atoms with Gasteiger partial charge in [0, 0.05) is 20.9 Å². The van der Waals surface area contributed by atoms with E-state index >= 15 is 0 Å². The van der Waals surface area contributed by atoms with Gasteiger partial charge in [0.05, 0.1) is 0 Å². The molecule has 82 valence electrons. The van der Waals surface area contributed by atoms with Crippen LogP contribution in [0.1, 0.15) is 11.1 Å². The van der Waals surface area contributed by atoms with E-state index in [1.165, 1.54) is 16.0 Å². The molecule has 0 saturated carbocycles. The molecule has 0 fully saturated rings. The van der Waals surface area contributed by atoms with E-state index in [1.807, 2.05) is 12.4 Å². The fourth-order valence-corrected chi connectivity index (χ4v) is 2.31. The molecular formula is C12H11IN2S. The molecule has 4 heteroatoms. The van der Waals surface area contributed by atoms with Crippen molar-refractivity contribution in [2.24, 2.45) is 0 Å². The topological polar surface area (TPSA) is 25.8 Å². The standard InChI is InChI=1S/C12H11IN2S/c1-8-3-4-11(5-9(8)2)16-12-14-6-10(13)7-15-12/h3-7H,1-2H3. The van der Waals surface area contributed by atoms with Crippen LogP contribution in [0.3, 0.4) is 0 Å². The Balaban J connectivity index is 2.20. The average molecular weight is 342 g/mol. The Morgan fingerprint density at radius 1 is 1.06 bits per heavy atom. The van der Waals surface area contributed by atoms with E-state index in [0.29, 0.717) is 0 Å². The van der Waals surface area contributed by atoms with Gasteiger partial charge in [0.25, 0.3) is 0 Å². The Kier molecular flexibility index (Phi) is 3.81. The van der Waals surface area contributed by atoms with Crippen LogP contribution in [0.4, 0.5) is 0 Å². The Labute approximate surface area is 113 Å². The van der Waals surface area contributed by atoms with Crippen molar-refractivity contribution >= 4 is 34.4 Å². The van der Waals surface area contributed by atoms with Gasteiger partial charge in [0.2, 0.25) is 0 Å². The molecule has 2 aromatic rings. The van der Waals surface area contributed by atoms with Gasteiger partial charge in [-0.2, -0.15) is 0 Å². The molecule has 0 N–H and O–H groups in total. The van der Waals surface area contributed by atoms with E-state index in [4.69, 9.17) is 0 Å². The first-order valence-corrected chi connectivity index (χ1v) is 6.77. The van der Waals surface area contributed by atoms with E-state index in [-0.39, 0.29) is 0 Å². The molecule has 1 heterocycles. The van der Waals surface area contributed by atoms with Gasteiger partial charge in [-0.15, -0.1) is 0 Å². The lowest BCUT2D eigenvalue weighted by molar-refractivity contribution is 0.957. The highest BCUT2D eigenvalue weighted by molar-refractivity contribution is 14.1. The number of benzene rings is 1. The molecule has 0 bridgehead atoms. The predicted molar refractivity (Wildman–Crippen MR) is 74.8 cm³/mol. The third kappa shape index (κ3) is 2.95. The smallest absolute Gasteiger partial charge is 0.192 e. The van der Waals surface area contributed by atoms with Crippen LogP contribution in [0.2, 0.25) is 0 Å². The van der Waals surface area contributed by atoms with Gasteiger partial charge in [-0.1, -0.05) is 6.07 Å². The van der Waals surface area contributed by atoms with E-state index in [0.717, 1.165) is 8.73 Å². The third-order valence-electron chi connectivity index (χ3n) is 2.28. The minimum Gasteiger partial charge on any atom is -0.230 e. The number of hydrogen-bond acceptors (Lipinski definition) is 3. The van der Waals surface area contributed by atoms with Crippen LogP contribution in [0.15, 0.2) is 40.6 Å². The molecule has 2 rings (SSSR count). The Bertz CT molecular complexity index is 497. The number of halogens is 1. The summed E-state index contributed by atoms with van der Waals surface area (Å²) < 4.78 is 1.06. The highest BCUT2D eigenvalue weighted by Crippen LogP contribution is 2.26. The van der Waals surface area contributed by atoms with Gasteiger partial charge in [0.15, 0.2) is 5.16 Å². The van der Waals surface area contributed by atoms with Gasteiger partial charge < -0.3 is 0 Å². The van der Waals surface area contributed by atoms with Crippen LogP contribution < -0.4 is 0 Å². The van der Waals surface area contributed by atoms with Crippen LogP contribution in [0.5, 0.6) is 0 Å². The van der Waals surface area contributed by atoms with Gasteiger partial charge in [-0.3, -0.25) is 0 Å². The van der Waals surface area contributed by atoms with Crippen LogP contribution in [-0.2, 0) is 0 Å². The Morgan fingerprint density at radius 2 is 1.75 bits per heavy atom. The molecule has 0 radical (unpaired) electrons. The zero-order chi connectivity index (χ0) is 11.5. The van der Waals surface area contributed by atoms with Crippen molar-refractivity contribution in [1.29, 1.82) is 0 Å². The van der Waals surface area contributed by atoms with Gasteiger partial charge in [-0.05, 0) is 71.5 Å². The number of rotatable bonds is 2. The minimum absolute atomic E-state index is 0.795. The summed E-state index contributed by atoms with van der Waals surface area (Å²) >= 11 is 3.80. The lowest BCUT2D eigenvalue weighted by Gasteiger charge is -2.03. The van der Waals surface area contributed by atoms with Crippen LogP contribution in [-0.4, -0.2) is 9.97 Å². The quantitative estimate of drug-likeness (QED) is 0.612. The van der Waals surface area contributed by atoms with Crippen molar-refractivity contribution < 1.29 is 0 Å². The molecule has 1 aromatic heterocycles. The van der Waals surface area contributed by atoms with Gasteiger partial charge in [-0.25, -0.2) is 9.97 Å². The molecule has 0 aliphatic rings. The zero-order valence-electron chi connectivity index (χ0n) is 9.07. The SMILES string of the molecule is Cc1ccc(Sc2ncc(I)cn2)cc1C. The normalized spacial score (nSPS) is 10.4. The van der Waals surface area contributed by atoms with Crippen molar-refractivity contribution in [2.75, 3.05) is 0 Å². The first-order chi connectivity index (χ1) is 7.65. The molecule has 0 amide bonds. The number of hydrogen-bond donors (Lipinski definition) is 0. The summed E-state index contributed by atoms with van der Waals surface area (Å²) in [7, 11) is 0. The third-order valence-corrected chi connectivity index (χ3v) is 3.72. The van der Waals surface area contributed by atoms with Crippen molar-refractivity contribution in [3.05, 3.63) is 45.3 Å². The molecular weight excluding hydrogens is 331 g/mol. The second kappa shape index (κ2) is 5.14. The average Bonchev–Trinajstić information content (AvgIpc) is 2.27. The summed E-state index contributed by atoms with van der Waals surface area (Å²) in [6, 6.07) is 6.40. The fraction of sp³-hybridized carbons (Fsp3) is 0.167. The second-order valence-electron chi connectivity index (χ2n) is 3.53. The molecule has 1 aromatic carbocycles. The van der Waals surface area contributed by atoms with Crippen LogP contribution >= 0.6 is 34.4 Å². The molecule has 0 spiro atoms. The van der Waals surface area contributed by atoms with E-state index in [2.05, 4.69) is 64.6 Å². The summed E-state index contributed by atoms with van der Waals surface area (Å²) in [5.74, 6) is 0. The molecule has 0 saturated heterocycles. The maximum Gasteiger partial charge on any atom is 0.192 e. The summed E-state index contributed by atoms with van der Waals surface area (Å²) in [6.45, 7) is 4.24. The Morgan fingerprint density at radius 3 is 2.38 bits per heavy atom. The van der Waals surface area contributed by atoms with Crippen molar-refractivity contribution in [2.45, 2.75) is 23.9 Å². The first kappa shape index (κ1) is 11.9. The highest BCUT2D eigenvalue weighted by Gasteiger charge is 2.01. The fourth-order valence-electron chi connectivity index (χ4n) is 1.24. The molecule has 0 aliphatic heterocycles. The minimum atomic E-state index is 0.795. The molecule has 2 nitrogen and oxygen atoms in total. The van der Waals surface area contributed by atoms with Crippen molar-refractivity contribution in [3.63, 3.8) is 0 Å². The second-order valence-corrected chi connectivity index (χ2v) is 5.82. The maximum atomic E-state index is 4.27. The largest absolute Gasteiger partial charge is 0.230 e. The van der Waals surface area contributed by atoms with Crippen LogP contribution in [0.25, 0.3) is 0 Å². The van der Waals surface area contributed by atoms with Crippen molar-refractivity contribution in [3.8, 4) is 0 Å². The number of aryl methyl sites for hydroxylation is 2. The van der Waals surface area contributed by atoms with Gasteiger partial charge >= 0.3 is 0 Å². The lowest BCUT2D eigenvalue weighted by atomic mass is 10.1. The zero-order valence-corrected chi connectivity index (χ0v) is 12.0. The number of aromatic nitrogens is 2. The molecule has 16 heavy (non-hydrogen) atoms. The molecule has 0 aliphatic carbocycles.